The van der Waals surface area contributed by atoms with Gasteiger partial charge in [-0.1, -0.05) is 12.2 Å². The Kier molecular flexibility index (Phi) is 6.16. The van der Waals surface area contributed by atoms with Gasteiger partial charge < -0.3 is 10.2 Å². The highest BCUT2D eigenvalue weighted by Crippen LogP contribution is 2.08. The van der Waals surface area contributed by atoms with E-state index >= 15 is 0 Å². The molecular formula is C17H20N6O2. The van der Waals surface area contributed by atoms with Gasteiger partial charge in [-0.15, -0.1) is 18.3 Å². The molecule has 2 amide bonds. The van der Waals surface area contributed by atoms with Crippen LogP contribution in [0.25, 0.3) is 5.69 Å². The van der Waals surface area contributed by atoms with Crippen molar-refractivity contribution < 1.29 is 9.59 Å². The molecule has 0 fully saturated rings. The molecule has 0 saturated heterocycles. The number of hydrogen-bond acceptors (Lipinski definition) is 5. The highest BCUT2D eigenvalue weighted by atomic mass is 16.2. The molecule has 8 heteroatoms. The average Bonchev–Trinajstić information content (AvgIpc) is 3.15. The summed E-state index contributed by atoms with van der Waals surface area (Å²) < 4.78 is 1.48. The number of hydrogen-bond donors (Lipinski definition) is 1. The van der Waals surface area contributed by atoms with Crippen molar-refractivity contribution in [1.29, 1.82) is 0 Å². The third-order valence-corrected chi connectivity index (χ3v) is 3.47. The molecule has 0 saturated carbocycles. The summed E-state index contributed by atoms with van der Waals surface area (Å²) in [6, 6.07) is 6.08. The summed E-state index contributed by atoms with van der Waals surface area (Å²) in [4.78, 5) is 26.3. The number of nitrogens with one attached hydrogen (secondary N) is 1. The van der Waals surface area contributed by atoms with Crippen molar-refractivity contribution in [1.82, 2.24) is 30.4 Å². The van der Waals surface area contributed by atoms with Crippen LogP contribution in [0.15, 0.2) is 55.9 Å². The van der Waals surface area contributed by atoms with E-state index in [-0.39, 0.29) is 11.8 Å². The van der Waals surface area contributed by atoms with E-state index in [4.69, 9.17) is 0 Å². The van der Waals surface area contributed by atoms with Crippen LogP contribution in [0, 0.1) is 0 Å². The zero-order chi connectivity index (χ0) is 18.2. The van der Waals surface area contributed by atoms with Crippen LogP contribution in [0.2, 0.25) is 0 Å². The van der Waals surface area contributed by atoms with Crippen LogP contribution in [0.1, 0.15) is 17.3 Å². The van der Waals surface area contributed by atoms with Gasteiger partial charge in [0.15, 0.2) is 0 Å². The molecule has 2 rings (SSSR count). The Bertz CT molecular complexity index is 729. The highest BCUT2D eigenvalue weighted by Gasteiger charge is 2.21. The Hall–Kier alpha value is -3.29. The van der Waals surface area contributed by atoms with Crippen LogP contribution in [-0.2, 0) is 4.79 Å². The smallest absolute Gasteiger partial charge is 0.251 e. The molecule has 2 aromatic rings. The van der Waals surface area contributed by atoms with Crippen molar-refractivity contribution >= 4 is 11.8 Å². The third kappa shape index (κ3) is 4.60. The summed E-state index contributed by atoms with van der Waals surface area (Å²) in [6.45, 7) is 9.70. The number of amides is 2. The minimum atomic E-state index is -0.661. The van der Waals surface area contributed by atoms with E-state index in [2.05, 4.69) is 34.0 Å². The van der Waals surface area contributed by atoms with Gasteiger partial charge in [0.1, 0.15) is 12.4 Å². The van der Waals surface area contributed by atoms with Crippen LogP contribution in [-0.4, -0.2) is 56.1 Å². The van der Waals surface area contributed by atoms with Crippen molar-refractivity contribution in [3.63, 3.8) is 0 Å². The first kappa shape index (κ1) is 18.1. The Morgan fingerprint density at radius 1 is 1.24 bits per heavy atom. The molecule has 1 unspecified atom stereocenters. The molecule has 0 bridgehead atoms. The summed E-state index contributed by atoms with van der Waals surface area (Å²) in [5, 5.41) is 13.6. The first-order valence-corrected chi connectivity index (χ1v) is 7.71. The molecule has 0 aliphatic heterocycles. The predicted octanol–water partition coefficient (Wildman–Crippen LogP) is 0.981. The van der Waals surface area contributed by atoms with E-state index in [0.29, 0.717) is 18.7 Å². The van der Waals surface area contributed by atoms with Gasteiger partial charge in [0.25, 0.3) is 5.91 Å². The van der Waals surface area contributed by atoms with E-state index in [0.717, 1.165) is 5.69 Å². The van der Waals surface area contributed by atoms with Crippen LogP contribution < -0.4 is 5.32 Å². The predicted molar refractivity (Wildman–Crippen MR) is 93.1 cm³/mol. The maximum Gasteiger partial charge on any atom is 0.251 e. The Balaban J connectivity index is 2.01. The molecule has 0 spiro atoms. The molecule has 25 heavy (non-hydrogen) atoms. The van der Waals surface area contributed by atoms with E-state index in [9.17, 15) is 9.59 Å². The molecule has 0 aliphatic rings. The van der Waals surface area contributed by atoms with Crippen LogP contribution in [0.3, 0.4) is 0 Å². The van der Waals surface area contributed by atoms with Gasteiger partial charge in [0.2, 0.25) is 5.91 Å². The highest BCUT2D eigenvalue weighted by molar-refractivity contribution is 5.97. The van der Waals surface area contributed by atoms with E-state index in [1.165, 1.54) is 11.0 Å². The molecule has 1 atom stereocenters. The summed E-state index contributed by atoms with van der Waals surface area (Å²) in [5.74, 6) is -0.528. The number of tetrazole rings is 1. The number of rotatable bonds is 8. The molecule has 0 aliphatic carbocycles. The maximum atomic E-state index is 12.4. The maximum absolute atomic E-state index is 12.4. The fourth-order valence-electron chi connectivity index (χ4n) is 2.23. The normalized spacial score (nSPS) is 11.4. The fourth-order valence-corrected chi connectivity index (χ4v) is 2.23. The lowest BCUT2D eigenvalue weighted by Gasteiger charge is -2.23. The summed E-state index contributed by atoms with van der Waals surface area (Å²) >= 11 is 0. The lowest BCUT2D eigenvalue weighted by atomic mass is 10.1. The van der Waals surface area contributed by atoms with Gasteiger partial charge in [-0.05, 0) is 41.6 Å². The second-order valence-electron chi connectivity index (χ2n) is 5.32. The van der Waals surface area contributed by atoms with Crippen molar-refractivity contribution in [2.24, 2.45) is 0 Å². The lowest BCUT2D eigenvalue weighted by Crippen LogP contribution is -2.47. The van der Waals surface area contributed by atoms with Crippen LogP contribution in [0.5, 0.6) is 0 Å². The van der Waals surface area contributed by atoms with E-state index in [1.807, 2.05) is 0 Å². The molecule has 1 N–H and O–H groups in total. The number of aromatic nitrogens is 4. The van der Waals surface area contributed by atoms with Gasteiger partial charge in [-0.3, -0.25) is 9.59 Å². The van der Waals surface area contributed by atoms with E-state index < -0.39 is 6.04 Å². The molecule has 8 nitrogen and oxygen atoms in total. The van der Waals surface area contributed by atoms with Crippen molar-refractivity contribution in [3.05, 3.63) is 61.5 Å². The minimum absolute atomic E-state index is 0.196. The van der Waals surface area contributed by atoms with Gasteiger partial charge in [-0.25, -0.2) is 4.68 Å². The second kappa shape index (κ2) is 8.53. The first-order valence-electron chi connectivity index (χ1n) is 7.71. The number of carbonyl (C=O) groups is 2. The van der Waals surface area contributed by atoms with Gasteiger partial charge in [0, 0.05) is 18.7 Å². The van der Waals surface area contributed by atoms with Gasteiger partial charge in [0.05, 0.1) is 5.69 Å². The van der Waals surface area contributed by atoms with Gasteiger partial charge in [-0.2, -0.15) is 0 Å². The fraction of sp³-hybridized carbons (Fsp3) is 0.235. The SMILES string of the molecule is C=CCN(CC=C)C(=O)C(C)NC(=O)c1ccc(-n2cnnn2)cc1. The number of benzene rings is 1. The minimum Gasteiger partial charge on any atom is -0.341 e. The molecular weight excluding hydrogens is 320 g/mol. The zero-order valence-electron chi connectivity index (χ0n) is 14.0. The second-order valence-corrected chi connectivity index (χ2v) is 5.32. The Morgan fingerprint density at radius 3 is 2.40 bits per heavy atom. The molecule has 1 aromatic carbocycles. The number of nitrogens with zero attached hydrogens (tertiary/aromatic N) is 5. The average molecular weight is 340 g/mol. The first-order chi connectivity index (χ1) is 12.1. The summed E-state index contributed by atoms with van der Waals surface area (Å²) in [5.41, 5.74) is 1.17. The largest absolute Gasteiger partial charge is 0.341 e. The lowest BCUT2D eigenvalue weighted by molar-refractivity contribution is -0.131. The molecule has 0 radical (unpaired) electrons. The van der Waals surface area contributed by atoms with Crippen molar-refractivity contribution in [3.8, 4) is 5.69 Å². The van der Waals surface area contributed by atoms with Gasteiger partial charge >= 0.3 is 0 Å². The van der Waals surface area contributed by atoms with Crippen molar-refractivity contribution in [2.75, 3.05) is 13.1 Å². The van der Waals surface area contributed by atoms with Crippen molar-refractivity contribution in [2.45, 2.75) is 13.0 Å². The topological polar surface area (TPSA) is 93.0 Å². The van der Waals surface area contributed by atoms with Crippen LogP contribution >= 0.6 is 0 Å². The molecule has 1 aromatic heterocycles. The number of carbonyl (C=O) groups excluding carboxylic acids is 2. The molecule has 130 valence electrons. The Labute approximate surface area is 145 Å². The third-order valence-electron chi connectivity index (χ3n) is 3.47. The summed E-state index contributed by atoms with van der Waals surface area (Å²) in [7, 11) is 0. The standard InChI is InChI=1S/C17H20N6O2/c1-4-10-22(11-5-2)17(25)13(3)19-16(24)14-6-8-15(9-7-14)23-12-18-20-21-23/h4-9,12-13H,1-2,10-11H2,3H3,(H,19,24). The van der Waals surface area contributed by atoms with Crippen LogP contribution in [0.4, 0.5) is 0 Å². The zero-order valence-corrected chi connectivity index (χ0v) is 14.0. The quantitative estimate of drug-likeness (QED) is 0.723. The van der Waals surface area contributed by atoms with E-state index in [1.54, 1.807) is 48.2 Å². The Morgan fingerprint density at radius 2 is 1.88 bits per heavy atom. The molecule has 1 heterocycles. The monoisotopic (exact) mass is 340 g/mol. The summed E-state index contributed by atoms with van der Waals surface area (Å²) in [6.07, 6.45) is 4.73.